The first-order valence-electron chi connectivity index (χ1n) is 5.32. The lowest BCUT2D eigenvalue weighted by Crippen LogP contribution is -2.18. The molecule has 1 aromatic rings. The maximum absolute atomic E-state index is 10.8. The number of thioether (sulfide) groups is 1. The van der Waals surface area contributed by atoms with E-state index in [2.05, 4.69) is 6.07 Å². The second-order valence-corrected chi connectivity index (χ2v) is 3.77. The van der Waals surface area contributed by atoms with Gasteiger partial charge in [0.05, 0.1) is 0 Å². The smallest absolute Gasteiger partial charge is 0.243 e. The van der Waals surface area contributed by atoms with Gasteiger partial charge < -0.3 is 0 Å². The molecule has 0 bridgehead atoms. The van der Waals surface area contributed by atoms with Crippen molar-refractivity contribution in [1.82, 2.24) is 5.48 Å². The summed E-state index contributed by atoms with van der Waals surface area (Å²) in [5, 5.41) is 8.31. The van der Waals surface area contributed by atoms with Gasteiger partial charge >= 0.3 is 0 Å². The van der Waals surface area contributed by atoms with Crippen LogP contribution in [0.3, 0.4) is 0 Å². The van der Waals surface area contributed by atoms with Crippen LogP contribution in [-0.4, -0.2) is 17.4 Å². The monoisotopic (exact) mass is 241 g/mol. The highest BCUT2D eigenvalue weighted by molar-refractivity contribution is 7.98. The third-order valence-electron chi connectivity index (χ3n) is 1.90. The van der Waals surface area contributed by atoms with Crippen LogP contribution in [-0.2, 0) is 11.2 Å². The molecule has 0 aliphatic heterocycles. The summed E-state index contributed by atoms with van der Waals surface area (Å²) in [4.78, 5) is 12.0. The quantitative estimate of drug-likeness (QED) is 0.484. The summed E-state index contributed by atoms with van der Waals surface area (Å²) in [5.41, 5.74) is 2.73. The molecule has 0 aromatic heterocycles. The number of hydroxylamine groups is 1. The Bertz CT molecular complexity index is 316. The van der Waals surface area contributed by atoms with E-state index in [-0.39, 0.29) is 5.91 Å². The molecule has 0 radical (unpaired) electrons. The van der Waals surface area contributed by atoms with E-state index in [4.69, 9.17) is 5.21 Å². The Morgan fingerprint density at radius 3 is 2.69 bits per heavy atom. The molecule has 0 fully saturated rings. The van der Waals surface area contributed by atoms with Crippen LogP contribution in [0.15, 0.2) is 29.2 Å². The summed E-state index contributed by atoms with van der Waals surface area (Å²) in [6, 6.07) is 8.03. The van der Waals surface area contributed by atoms with Crippen LogP contribution < -0.4 is 5.48 Å². The van der Waals surface area contributed by atoms with Crippen LogP contribution in [0.4, 0.5) is 0 Å². The van der Waals surface area contributed by atoms with E-state index in [9.17, 15) is 4.79 Å². The number of hydrogen-bond donors (Lipinski definition) is 2. The molecule has 2 N–H and O–H groups in total. The summed E-state index contributed by atoms with van der Waals surface area (Å²) in [7, 11) is 0. The highest BCUT2D eigenvalue weighted by atomic mass is 32.2. The van der Waals surface area contributed by atoms with E-state index in [0.29, 0.717) is 12.8 Å². The average Bonchev–Trinajstić information content (AvgIpc) is 2.38. The van der Waals surface area contributed by atoms with Gasteiger partial charge in [-0.15, -0.1) is 11.8 Å². The number of benzene rings is 1. The van der Waals surface area contributed by atoms with Crippen molar-refractivity contribution in [2.45, 2.75) is 31.6 Å². The van der Waals surface area contributed by atoms with Gasteiger partial charge in [0, 0.05) is 11.3 Å². The van der Waals surface area contributed by atoms with Gasteiger partial charge in [-0.3, -0.25) is 10.0 Å². The van der Waals surface area contributed by atoms with E-state index < -0.39 is 0 Å². The third-order valence-corrected chi connectivity index (χ3v) is 2.62. The van der Waals surface area contributed by atoms with Crippen molar-refractivity contribution in [3.05, 3.63) is 29.8 Å². The predicted molar refractivity (Wildman–Crippen MR) is 67.8 cm³/mol. The lowest BCUT2D eigenvalue weighted by atomic mass is 10.1. The fourth-order valence-electron chi connectivity index (χ4n) is 1.14. The number of aryl methyl sites for hydroxylation is 1. The number of hydrogen-bond acceptors (Lipinski definition) is 3. The molecule has 16 heavy (non-hydrogen) atoms. The van der Waals surface area contributed by atoms with Gasteiger partial charge in [0.15, 0.2) is 0 Å². The van der Waals surface area contributed by atoms with Gasteiger partial charge in [-0.2, -0.15) is 0 Å². The molecule has 0 aliphatic rings. The first kappa shape index (κ1) is 15.0. The van der Waals surface area contributed by atoms with Crippen LogP contribution in [0.1, 0.15) is 25.8 Å². The molecular formula is C12H19NO2S. The topological polar surface area (TPSA) is 49.3 Å². The summed E-state index contributed by atoms with van der Waals surface area (Å²) in [6.45, 7) is 4.00. The van der Waals surface area contributed by atoms with E-state index in [1.807, 2.05) is 38.3 Å². The average molecular weight is 241 g/mol. The number of nitrogens with one attached hydrogen (secondary N) is 1. The highest BCUT2D eigenvalue weighted by Crippen LogP contribution is 2.16. The Morgan fingerprint density at radius 2 is 2.12 bits per heavy atom. The summed E-state index contributed by atoms with van der Waals surface area (Å²) < 4.78 is 0. The van der Waals surface area contributed by atoms with Gasteiger partial charge in [-0.1, -0.05) is 26.0 Å². The zero-order valence-electron chi connectivity index (χ0n) is 9.99. The molecule has 1 rings (SSSR count). The molecule has 90 valence electrons. The normalized spacial score (nSPS) is 9.00. The predicted octanol–water partition coefficient (Wildman–Crippen LogP) is 2.87. The maximum atomic E-state index is 10.8. The van der Waals surface area contributed by atoms with Crippen molar-refractivity contribution in [3.63, 3.8) is 0 Å². The number of carbonyl (C=O) groups excluding carboxylic acids is 1. The third kappa shape index (κ3) is 5.78. The van der Waals surface area contributed by atoms with Gasteiger partial charge in [0.2, 0.25) is 5.91 Å². The highest BCUT2D eigenvalue weighted by Gasteiger charge is 2.00. The fraction of sp³-hybridized carbons (Fsp3) is 0.417. The molecule has 1 amide bonds. The number of carbonyl (C=O) groups is 1. The largest absolute Gasteiger partial charge is 0.289 e. The zero-order valence-corrected chi connectivity index (χ0v) is 10.8. The first-order valence-corrected chi connectivity index (χ1v) is 6.54. The molecule has 1 aromatic carbocycles. The molecule has 0 heterocycles. The van der Waals surface area contributed by atoms with E-state index in [0.717, 1.165) is 5.56 Å². The molecule has 0 saturated heterocycles. The van der Waals surface area contributed by atoms with Crippen molar-refractivity contribution < 1.29 is 10.0 Å². The summed E-state index contributed by atoms with van der Waals surface area (Å²) in [6.07, 6.45) is 2.98. The molecule has 4 heteroatoms. The van der Waals surface area contributed by atoms with Gasteiger partial charge in [0.1, 0.15) is 0 Å². The molecule has 0 spiro atoms. The Morgan fingerprint density at radius 1 is 1.44 bits per heavy atom. The Hall–Kier alpha value is -1.00. The number of amides is 1. The summed E-state index contributed by atoms with van der Waals surface area (Å²) in [5.74, 6) is -0.348. The van der Waals surface area contributed by atoms with E-state index in [1.54, 1.807) is 17.2 Å². The van der Waals surface area contributed by atoms with Gasteiger partial charge in [-0.05, 0) is 30.4 Å². The Balaban J connectivity index is 0.00000106. The van der Waals surface area contributed by atoms with Gasteiger partial charge in [0.25, 0.3) is 0 Å². The van der Waals surface area contributed by atoms with Crippen molar-refractivity contribution in [3.8, 4) is 0 Å². The minimum Gasteiger partial charge on any atom is -0.289 e. The molecule has 0 aliphatic carbocycles. The van der Waals surface area contributed by atoms with Crippen molar-refractivity contribution in [2.24, 2.45) is 0 Å². The van der Waals surface area contributed by atoms with Crippen LogP contribution in [0.5, 0.6) is 0 Å². The minimum absolute atomic E-state index is 0.314. The summed E-state index contributed by atoms with van der Waals surface area (Å²) >= 11 is 1.67. The van der Waals surface area contributed by atoms with Crippen molar-refractivity contribution in [2.75, 3.05) is 6.26 Å². The molecular weight excluding hydrogens is 222 g/mol. The molecule has 0 atom stereocenters. The van der Waals surface area contributed by atoms with Crippen molar-refractivity contribution >= 4 is 17.7 Å². The van der Waals surface area contributed by atoms with Crippen LogP contribution in [0, 0.1) is 0 Å². The standard InChI is InChI=1S/C10H13NO2S.C2H6/c1-14-9-4-2-3-8(7-9)5-6-10(12)11-13;1-2/h2-4,7,13H,5-6H2,1H3,(H,11,12);1-2H3. The van der Waals surface area contributed by atoms with Crippen molar-refractivity contribution in [1.29, 1.82) is 0 Å². The van der Waals surface area contributed by atoms with E-state index >= 15 is 0 Å². The first-order chi connectivity index (χ1) is 7.76. The Labute approximate surface area is 101 Å². The van der Waals surface area contributed by atoms with Crippen LogP contribution >= 0.6 is 11.8 Å². The molecule has 0 saturated carbocycles. The molecule has 3 nitrogen and oxygen atoms in total. The van der Waals surface area contributed by atoms with E-state index in [1.165, 1.54) is 4.90 Å². The second-order valence-electron chi connectivity index (χ2n) is 2.89. The Kier molecular flexibility index (Phi) is 8.66. The number of rotatable bonds is 4. The maximum Gasteiger partial charge on any atom is 0.243 e. The zero-order chi connectivity index (χ0) is 12.4. The fourth-order valence-corrected chi connectivity index (χ4v) is 1.63. The lowest BCUT2D eigenvalue weighted by Gasteiger charge is -2.02. The molecule has 0 unspecified atom stereocenters. The second kappa shape index (κ2) is 9.24. The lowest BCUT2D eigenvalue weighted by molar-refractivity contribution is -0.129. The van der Waals surface area contributed by atoms with Crippen LogP contribution in [0.2, 0.25) is 0 Å². The minimum atomic E-state index is -0.348. The van der Waals surface area contributed by atoms with Crippen LogP contribution in [0.25, 0.3) is 0 Å². The van der Waals surface area contributed by atoms with Gasteiger partial charge in [-0.25, -0.2) is 5.48 Å². The SMILES string of the molecule is CC.CSc1cccc(CCC(=O)NO)c1.